The van der Waals surface area contributed by atoms with Crippen LogP contribution in [0.15, 0.2) is 0 Å². The number of unbranched alkanes of at least 4 members (excludes halogenated alkanes) is 4. The Bertz CT molecular complexity index is 102. The molecule has 0 atom stereocenters. The summed E-state index contributed by atoms with van der Waals surface area (Å²) in [6.07, 6.45) is 11.3. The summed E-state index contributed by atoms with van der Waals surface area (Å²) in [5.74, 6) is 0.933. The van der Waals surface area contributed by atoms with Gasteiger partial charge in [0, 0.05) is 0 Å². The minimum absolute atomic E-state index is 0.933. The second-order valence-corrected chi connectivity index (χ2v) is 4.67. The molecule has 0 spiro atoms. The van der Waals surface area contributed by atoms with Crippen molar-refractivity contribution in [3.63, 3.8) is 0 Å². The van der Waals surface area contributed by atoms with Gasteiger partial charge in [-0.25, -0.2) is 0 Å². The van der Waals surface area contributed by atoms with Crippen LogP contribution in [-0.2, 0) is 0 Å². The number of hydrogen-bond donors (Lipinski definition) is 1. The summed E-state index contributed by atoms with van der Waals surface area (Å²) in [7, 11) is 0. The van der Waals surface area contributed by atoms with Crippen molar-refractivity contribution in [2.45, 2.75) is 72.1 Å². The predicted octanol–water partition coefficient (Wildman–Crippen LogP) is 4.37. The molecule has 1 N–H and O–H groups in total. The maximum absolute atomic E-state index is 3.50. The van der Waals surface area contributed by atoms with Gasteiger partial charge in [-0.05, 0) is 31.8 Å². The zero-order valence-corrected chi connectivity index (χ0v) is 11.1. The van der Waals surface area contributed by atoms with E-state index < -0.39 is 0 Å². The highest BCUT2D eigenvalue weighted by atomic mass is 14.8. The Morgan fingerprint density at radius 1 is 0.800 bits per heavy atom. The molecule has 0 aliphatic heterocycles. The molecule has 0 aromatic heterocycles. The first-order chi connectivity index (χ1) is 7.35. The summed E-state index contributed by atoms with van der Waals surface area (Å²) in [6.45, 7) is 9.14. The van der Waals surface area contributed by atoms with Crippen molar-refractivity contribution in [3.05, 3.63) is 0 Å². The molecule has 0 aliphatic carbocycles. The molecule has 15 heavy (non-hydrogen) atoms. The minimum Gasteiger partial charge on any atom is -0.317 e. The Hall–Kier alpha value is -0.0400. The topological polar surface area (TPSA) is 12.0 Å². The highest BCUT2D eigenvalue weighted by molar-refractivity contribution is 4.62. The first kappa shape index (κ1) is 15.0. The van der Waals surface area contributed by atoms with Crippen LogP contribution in [0.3, 0.4) is 0 Å². The van der Waals surface area contributed by atoms with Gasteiger partial charge < -0.3 is 5.32 Å². The molecule has 0 saturated carbocycles. The fourth-order valence-electron chi connectivity index (χ4n) is 2.06. The lowest BCUT2D eigenvalue weighted by molar-refractivity contribution is 0.391. The first-order valence-corrected chi connectivity index (χ1v) is 7.05. The van der Waals surface area contributed by atoms with E-state index in [1.165, 1.54) is 57.9 Å². The zero-order chi connectivity index (χ0) is 11.4. The second kappa shape index (κ2) is 12.0. The Balaban J connectivity index is 3.53. The molecule has 0 aliphatic rings. The van der Waals surface area contributed by atoms with Gasteiger partial charge in [0.05, 0.1) is 0 Å². The fraction of sp³-hybridized carbons (Fsp3) is 1.00. The minimum atomic E-state index is 0.933. The van der Waals surface area contributed by atoms with E-state index in [0.29, 0.717) is 0 Å². The van der Waals surface area contributed by atoms with E-state index in [1.807, 2.05) is 0 Å². The molecule has 1 nitrogen and oxygen atoms in total. The highest BCUT2D eigenvalue weighted by Gasteiger charge is 2.07. The van der Waals surface area contributed by atoms with Crippen LogP contribution in [0, 0.1) is 5.92 Å². The van der Waals surface area contributed by atoms with E-state index in [9.17, 15) is 0 Å². The van der Waals surface area contributed by atoms with Crippen molar-refractivity contribution in [2.75, 3.05) is 13.1 Å². The number of nitrogens with one attached hydrogen (secondary N) is 1. The zero-order valence-electron chi connectivity index (χ0n) is 11.1. The lowest BCUT2D eigenvalue weighted by Crippen LogP contribution is -2.22. The molecule has 0 heterocycles. The summed E-state index contributed by atoms with van der Waals surface area (Å²) < 4.78 is 0. The molecule has 0 amide bonds. The van der Waals surface area contributed by atoms with Crippen molar-refractivity contribution >= 4 is 0 Å². The molecule has 0 saturated heterocycles. The molecule has 0 unspecified atom stereocenters. The molecule has 0 rings (SSSR count). The van der Waals surface area contributed by atoms with Gasteiger partial charge in [0.2, 0.25) is 0 Å². The van der Waals surface area contributed by atoms with Gasteiger partial charge in [-0.1, -0.05) is 59.3 Å². The third-order valence-corrected chi connectivity index (χ3v) is 3.11. The van der Waals surface area contributed by atoms with Crippen LogP contribution in [0.1, 0.15) is 72.1 Å². The Morgan fingerprint density at radius 3 is 1.73 bits per heavy atom. The van der Waals surface area contributed by atoms with E-state index in [4.69, 9.17) is 0 Å². The van der Waals surface area contributed by atoms with E-state index >= 15 is 0 Å². The molecular formula is C14H31N. The standard InChI is InChI=1S/C14H31N/c1-4-7-9-11-14(13-15-6-3)12-10-8-5-2/h14-15H,4-13H2,1-3H3. The van der Waals surface area contributed by atoms with Crippen LogP contribution < -0.4 is 5.32 Å². The van der Waals surface area contributed by atoms with Crippen molar-refractivity contribution in [1.29, 1.82) is 0 Å². The molecule has 0 aromatic carbocycles. The molecule has 0 bridgehead atoms. The average Bonchev–Trinajstić information content (AvgIpc) is 2.25. The molecule has 0 aromatic rings. The number of hydrogen-bond acceptors (Lipinski definition) is 1. The summed E-state index contributed by atoms with van der Waals surface area (Å²) in [5, 5.41) is 3.50. The normalized spacial score (nSPS) is 11.2. The van der Waals surface area contributed by atoms with Crippen LogP contribution in [-0.4, -0.2) is 13.1 Å². The summed E-state index contributed by atoms with van der Waals surface area (Å²) >= 11 is 0. The number of rotatable bonds is 11. The van der Waals surface area contributed by atoms with Crippen molar-refractivity contribution in [2.24, 2.45) is 5.92 Å². The molecule has 0 fully saturated rings. The van der Waals surface area contributed by atoms with Crippen LogP contribution >= 0.6 is 0 Å². The average molecular weight is 213 g/mol. The Labute approximate surface area is 97.0 Å². The quantitative estimate of drug-likeness (QED) is 0.502. The first-order valence-electron chi connectivity index (χ1n) is 7.05. The monoisotopic (exact) mass is 213 g/mol. The molecule has 1 heteroatoms. The molecule has 0 radical (unpaired) electrons. The Kier molecular flexibility index (Phi) is 12.0. The predicted molar refractivity (Wildman–Crippen MR) is 70.3 cm³/mol. The molecular weight excluding hydrogens is 182 g/mol. The van der Waals surface area contributed by atoms with Gasteiger partial charge >= 0.3 is 0 Å². The van der Waals surface area contributed by atoms with Crippen LogP contribution in [0.25, 0.3) is 0 Å². The van der Waals surface area contributed by atoms with Crippen LogP contribution in [0.5, 0.6) is 0 Å². The summed E-state index contributed by atoms with van der Waals surface area (Å²) in [5.41, 5.74) is 0. The van der Waals surface area contributed by atoms with Crippen LogP contribution in [0.4, 0.5) is 0 Å². The van der Waals surface area contributed by atoms with Gasteiger partial charge in [0.1, 0.15) is 0 Å². The van der Waals surface area contributed by atoms with Gasteiger partial charge in [-0.15, -0.1) is 0 Å². The second-order valence-electron chi connectivity index (χ2n) is 4.67. The third-order valence-electron chi connectivity index (χ3n) is 3.11. The fourth-order valence-corrected chi connectivity index (χ4v) is 2.06. The van der Waals surface area contributed by atoms with Gasteiger partial charge in [0.15, 0.2) is 0 Å². The third kappa shape index (κ3) is 10.2. The van der Waals surface area contributed by atoms with Crippen LogP contribution in [0.2, 0.25) is 0 Å². The largest absolute Gasteiger partial charge is 0.317 e. The van der Waals surface area contributed by atoms with E-state index in [2.05, 4.69) is 26.1 Å². The SMILES string of the molecule is CCCCCC(CCCCC)CNCC. The van der Waals surface area contributed by atoms with Crippen molar-refractivity contribution in [3.8, 4) is 0 Å². The smallest absolute Gasteiger partial charge is 0.00206 e. The van der Waals surface area contributed by atoms with E-state index in [0.717, 1.165) is 12.5 Å². The van der Waals surface area contributed by atoms with Gasteiger partial charge in [-0.2, -0.15) is 0 Å². The van der Waals surface area contributed by atoms with Crippen molar-refractivity contribution in [1.82, 2.24) is 5.32 Å². The summed E-state index contributed by atoms with van der Waals surface area (Å²) in [4.78, 5) is 0. The molecule has 92 valence electrons. The van der Waals surface area contributed by atoms with Gasteiger partial charge in [0.25, 0.3) is 0 Å². The maximum atomic E-state index is 3.50. The Morgan fingerprint density at radius 2 is 1.33 bits per heavy atom. The van der Waals surface area contributed by atoms with Crippen molar-refractivity contribution < 1.29 is 0 Å². The van der Waals surface area contributed by atoms with Gasteiger partial charge in [-0.3, -0.25) is 0 Å². The van der Waals surface area contributed by atoms with E-state index in [1.54, 1.807) is 0 Å². The lowest BCUT2D eigenvalue weighted by Gasteiger charge is -2.16. The lowest BCUT2D eigenvalue weighted by atomic mass is 9.95. The van der Waals surface area contributed by atoms with E-state index in [-0.39, 0.29) is 0 Å². The maximum Gasteiger partial charge on any atom is -0.00206 e. The summed E-state index contributed by atoms with van der Waals surface area (Å²) in [6, 6.07) is 0. The highest BCUT2D eigenvalue weighted by Crippen LogP contribution is 2.16.